The summed E-state index contributed by atoms with van der Waals surface area (Å²) in [7, 11) is 1.85. The lowest BCUT2D eigenvalue weighted by Crippen LogP contribution is -2.26. The number of hydrogen-bond acceptors (Lipinski definition) is 4. The second-order valence-electron chi connectivity index (χ2n) is 8.68. The van der Waals surface area contributed by atoms with Crippen LogP contribution in [0.4, 0.5) is 0 Å². The normalized spacial score (nSPS) is 15.6. The maximum absolute atomic E-state index is 12.8. The topological polar surface area (TPSA) is 65.2 Å². The molecule has 0 unspecified atom stereocenters. The first-order chi connectivity index (χ1) is 15.2. The van der Waals surface area contributed by atoms with Gasteiger partial charge in [0.1, 0.15) is 0 Å². The molecule has 0 atom stereocenters. The van der Waals surface area contributed by atoms with Crippen LogP contribution in [0.5, 0.6) is 0 Å². The Kier molecular flexibility index (Phi) is 5.59. The molecular formula is C24H29N5O2. The molecule has 162 valence electrons. The number of nitrogens with zero attached hydrogens (tertiary/aromatic N) is 5. The van der Waals surface area contributed by atoms with Gasteiger partial charge in [-0.15, -0.1) is 0 Å². The largest absolute Gasteiger partial charge is 0.376 e. The number of benzene rings is 1. The highest BCUT2D eigenvalue weighted by atomic mass is 16.5. The van der Waals surface area contributed by atoms with Gasteiger partial charge in [0.05, 0.1) is 30.8 Å². The third-order valence-electron chi connectivity index (χ3n) is 6.19. The molecule has 0 bridgehead atoms. The van der Waals surface area contributed by atoms with E-state index in [-0.39, 0.29) is 5.91 Å². The molecule has 0 spiro atoms. The fourth-order valence-electron chi connectivity index (χ4n) is 4.22. The number of carbonyl (C=O) groups excluding carboxylic acids is 1. The van der Waals surface area contributed by atoms with Crippen LogP contribution in [0.2, 0.25) is 0 Å². The van der Waals surface area contributed by atoms with Gasteiger partial charge in [0.15, 0.2) is 0 Å². The summed E-state index contributed by atoms with van der Waals surface area (Å²) in [6.45, 7) is 2.95. The molecule has 1 saturated carbocycles. The van der Waals surface area contributed by atoms with Crippen LogP contribution in [0, 0.1) is 5.92 Å². The summed E-state index contributed by atoms with van der Waals surface area (Å²) < 4.78 is 9.72. The minimum atomic E-state index is 0.120. The van der Waals surface area contributed by atoms with Crippen molar-refractivity contribution in [3.05, 3.63) is 65.2 Å². The average Bonchev–Trinajstić information content (AvgIpc) is 3.38. The molecule has 0 saturated heterocycles. The van der Waals surface area contributed by atoms with E-state index in [9.17, 15) is 4.79 Å². The molecule has 2 aliphatic rings. The number of carbonyl (C=O) groups is 1. The monoisotopic (exact) mass is 419 g/mol. The van der Waals surface area contributed by atoms with Crippen molar-refractivity contribution in [3.8, 4) is 5.69 Å². The van der Waals surface area contributed by atoms with Gasteiger partial charge >= 0.3 is 0 Å². The number of amides is 1. The second-order valence-corrected chi connectivity index (χ2v) is 8.68. The Morgan fingerprint density at radius 3 is 2.90 bits per heavy atom. The quantitative estimate of drug-likeness (QED) is 0.563. The van der Waals surface area contributed by atoms with E-state index < -0.39 is 0 Å². The molecule has 5 rings (SSSR count). The smallest absolute Gasteiger partial charge is 0.223 e. The van der Waals surface area contributed by atoms with Crippen LogP contribution in [0.1, 0.15) is 41.8 Å². The number of aromatic nitrogens is 4. The SMILES string of the molecule is CN(Cc1cnn(-c2ccccc2)c1)C(=O)CCc1nn(CC2CC2)c2c1COCC2. The van der Waals surface area contributed by atoms with Crippen LogP contribution in [0.3, 0.4) is 0 Å². The Labute approximate surface area is 182 Å². The first-order valence-electron chi connectivity index (χ1n) is 11.2. The number of rotatable bonds is 8. The summed E-state index contributed by atoms with van der Waals surface area (Å²) in [5.41, 5.74) is 5.60. The maximum atomic E-state index is 12.8. The lowest BCUT2D eigenvalue weighted by molar-refractivity contribution is -0.130. The average molecular weight is 420 g/mol. The van der Waals surface area contributed by atoms with E-state index in [0.29, 0.717) is 26.0 Å². The van der Waals surface area contributed by atoms with Crippen molar-refractivity contribution >= 4 is 5.91 Å². The van der Waals surface area contributed by atoms with Crippen molar-refractivity contribution in [2.24, 2.45) is 5.92 Å². The van der Waals surface area contributed by atoms with Gasteiger partial charge in [0.2, 0.25) is 5.91 Å². The van der Waals surface area contributed by atoms with E-state index in [4.69, 9.17) is 9.84 Å². The first-order valence-corrected chi connectivity index (χ1v) is 11.2. The number of fused-ring (bicyclic) bond motifs is 1. The highest BCUT2D eigenvalue weighted by Gasteiger charge is 2.27. The summed E-state index contributed by atoms with van der Waals surface area (Å²) in [5, 5.41) is 9.30. The van der Waals surface area contributed by atoms with Gasteiger partial charge in [-0.3, -0.25) is 9.48 Å². The summed E-state index contributed by atoms with van der Waals surface area (Å²) in [6, 6.07) is 9.99. The predicted molar refractivity (Wildman–Crippen MR) is 117 cm³/mol. The van der Waals surface area contributed by atoms with Crippen molar-refractivity contribution < 1.29 is 9.53 Å². The van der Waals surface area contributed by atoms with Crippen molar-refractivity contribution in [1.82, 2.24) is 24.5 Å². The van der Waals surface area contributed by atoms with Gasteiger partial charge in [-0.05, 0) is 30.9 Å². The Morgan fingerprint density at radius 1 is 1.26 bits per heavy atom. The van der Waals surface area contributed by atoms with Crippen LogP contribution >= 0.6 is 0 Å². The van der Waals surface area contributed by atoms with Gasteiger partial charge < -0.3 is 9.64 Å². The summed E-state index contributed by atoms with van der Waals surface area (Å²) in [4.78, 5) is 14.6. The minimum absolute atomic E-state index is 0.120. The van der Waals surface area contributed by atoms with Crippen molar-refractivity contribution in [2.75, 3.05) is 13.7 Å². The van der Waals surface area contributed by atoms with Crippen molar-refractivity contribution in [1.29, 1.82) is 0 Å². The molecular weight excluding hydrogens is 390 g/mol. The van der Waals surface area contributed by atoms with E-state index >= 15 is 0 Å². The summed E-state index contributed by atoms with van der Waals surface area (Å²) in [6.07, 6.45) is 8.46. The van der Waals surface area contributed by atoms with E-state index in [0.717, 1.165) is 42.4 Å². The van der Waals surface area contributed by atoms with Gasteiger partial charge in [-0.2, -0.15) is 10.2 Å². The molecule has 1 aliphatic heterocycles. The molecule has 1 aromatic carbocycles. The van der Waals surface area contributed by atoms with Gasteiger partial charge in [-0.25, -0.2) is 4.68 Å². The molecule has 3 aromatic rings. The fraction of sp³-hybridized carbons (Fsp3) is 0.458. The summed E-state index contributed by atoms with van der Waals surface area (Å²) in [5.74, 6) is 0.902. The van der Waals surface area contributed by atoms with Gasteiger partial charge in [0, 0.05) is 62.4 Å². The number of ether oxygens (including phenoxy) is 1. The first kappa shape index (κ1) is 20.0. The molecule has 1 aliphatic carbocycles. The molecule has 0 N–H and O–H groups in total. The molecule has 3 heterocycles. The van der Waals surface area contributed by atoms with Crippen molar-refractivity contribution in [3.63, 3.8) is 0 Å². The minimum Gasteiger partial charge on any atom is -0.376 e. The molecule has 2 aromatic heterocycles. The number of hydrogen-bond donors (Lipinski definition) is 0. The van der Waals surface area contributed by atoms with E-state index in [1.807, 2.05) is 54.5 Å². The standard InChI is InChI=1S/C24H29N5O2/c1-27(14-19-13-25-28(16-19)20-5-3-2-4-6-20)24(30)10-9-22-21-17-31-12-11-23(21)29(26-22)15-18-7-8-18/h2-6,13,16,18H,7-12,14-15,17H2,1H3. The third kappa shape index (κ3) is 4.56. The number of para-hydroxylation sites is 1. The zero-order valence-electron chi connectivity index (χ0n) is 18.0. The predicted octanol–water partition coefficient (Wildman–Crippen LogP) is 3.14. The van der Waals surface area contributed by atoms with E-state index in [2.05, 4.69) is 9.78 Å². The van der Waals surface area contributed by atoms with E-state index in [1.54, 1.807) is 4.90 Å². The Balaban J connectivity index is 1.20. The molecule has 7 nitrogen and oxygen atoms in total. The molecule has 1 fully saturated rings. The molecule has 31 heavy (non-hydrogen) atoms. The van der Waals surface area contributed by atoms with Crippen molar-refractivity contribution in [2.45, 2.75) is 51.8 Å². The lowest BCUT2D eigenvalue weighted by atomic mass is 10.1. The third-order valence-corrected chi connectivity index (χ3v) is 6.19. The van der Waals surface area contributed by atoms with Gasteiger partial charge in [0.25, 0.3) is 0 Å². The van der Waals surface area contributed by atoms with Crippen LogP contribution in [-0.4, -0.2) is 44.0 Å². The molecule has 0 radical (unpaired) electrons. The van der Waals surface area contributed by atoms with Crippen LogP contribution in [0.15, 0.2) is 42.7 Å². The van der Waals surface area contributed by atoms with Crippen LogP contribution in [-0.2, 0) is 42.1 Å². The summed E-state index contributed by atoms with van der Waals surface area (Å²) >= 11 is 0. The fourth-order valence-corrected chi connectivity index (χ4v) is 4.22. The van der Waals surface area contributed by atoms with Crippen LogP contribution < -0.4 is 0 Å². The zero-order valence-corrected chi connectivity index (χ0v) is 18.0. The second kappa shape index (κ2) is 8.67. The lowest BCUT2D eigenvalue weighted by Gasteiger charge is -2.17. The van der Waals surface area contributed by atoms with Gasteiger partial charge in [-0.1, -0.05) is 18.2 Å². The number of aryl methyl sites for hydroxylation is 1. The van der Waals surface area contributed by atoms with Crippen LogP contribution in [0.25, 0.3) is 5.69 Å². The Hall–Kier alpha value is -2.93. The zero-order chi connectivity index (χ0) is 21.2. The highest BCUT2D eigenvalue weighted by Crippen LogP contribution is 2.32. The highest BCUT2D eigenvalue weighted by molar-refractivity contribution is 5.76. The Bertz CT molecular complexity index is 1050. The Morgan fingerprint density at radius 2 is 2.10 bits per heavy atom. The molecule has 1 amide bonds. The molecule has 7 heteroatoms. The maximum Gasteiger partial charge on any atom is 0.223 e. The van der Waals surface area contributed by atoms with E-state index in [1.165, 1.54) is 24.1 Å².